The maximum atomic E-state index is 13.7. The number of amides is 1. The molecule has 3 aromatic carbocycles. The fraction of sp³-hybridized carbons (Fsp3) is 0.297. The third-order valence-electron chi connectivity index (χ3n) is 8.90. The van der Waals surface area contributed by atoms with Crippen molar-refractivity contribution >= 4 is 42.7 Å². The first-order valence-electron chi connectivity index (χ1n) is 16.6. The van der Waals surface area contributed by atoms with Crippen LogP contribution in [-0.2, 0) is 31.4 Å². The van der Waals surface area contributed by atoms with E-state index in [0.29, 0.717) is 27.9 Å². The summed E-state index contributed by atoms with van der Waals surface area (Å²) in [5.74, 6) is -0.0780. The molecule has 0 radical (unpaired) electrons. The molecule has 11 nitrogen and oxygen atoms in total. The number of nitrogens with zero attached hydrogens (tertiary/aromatic N) is 2. The van der Waals surface area contributed by atoms with Gasteiger partial charge >= 0.3 is 0 Å². The third kappa shape index (κ3) is 7.60. The number of hydrogen-bond donors (Lipinski definition) is 3. The van der Waals surface area contributed by atoms with Crippen molar-refractivity contribution in [2.45, 2.75) is 49.9 Å². The summed E-state index contributed by atoms with van der Waals surface area (Å²) in [5.41, 5.74) is 3.25. The number of benzene rings is 4. The highest BCUT2D eigenvalue weighted by molar-refractivity contribution is 7.89. The van der Waals surface area contributed by atoms with E-state index in [1.807, 2.05) is 42.5 Å². The minimum Gasteiger partial charge on any atom is -0.456 e. The number of carbonyl (C=O) groups is 1. The molecule has 13 heteroatoms. The number of carbonyl (C=O) groups excluding carboxylic acids is 1. The molecule has 50 heavy (non-hydrogen) atoms. The van der Waals surface area contributed by atoms with Gasteiger partial charge in [0.25, 0.3) is 10.1 Å². The quantitative estimate of drug-likeness (QED) is 0.0898. The van der Waals surface area contributed by atoms with Gasteiger partial charge in [-0.25, -0.2) is 13.0 Å². The van der Waals surface area contributed by atoms with Crippen LogP contribution in [0.2, 0.25) is 0 Å². The molecule has 1 aliphatic heterocycles. The standard InChI is InChI=1S/C37H42N4O7S2/c1-6-40(7-2)26-15-18-29-33(22-26)48-34-23-27(41(8-3)9-4)16-19-30(34)36(29)31-20-17-28(24-35(31)50(45,46)47)49(43,44)39-32(37(42)38-5)21-25-13-11-10-12-14-25/h10-20,22-24,32,39H,6-9,21H2,1-5H3,(H-,38,42,45,46,47)/p+1. The molecule has 1 heterocycles. The molecule has 0 fully saturated rings. The van der Waals surface area contributed by atoms with Gasteiger partial charge in [0.15, 0.2) is 0 Å². The number of nitrogens with one attached hydrogen (secondary N) is 2. The molecule has 2 aliphatic rings. The first-order chi connectivity index (χ1) is 23.8. The van der Waals surface area contributed by atoms with E-state index in [4.69, 9.17) is 4.42 Å². The second kappa shape index (κ2) is 15.1. The molecule has 0 saturated heterocycles. The zero-order valence-corrected chi connectivity index (χ0v) is 30.4. The lowest BCUT2D eigenvalue weighted by atomic mass is 9.93. The Bertz CT molecular complexity index is 2280. The Morgan fingerprint density at radius 1 is 0.860 bits per heavy atom. The van der Waals surface area contributed by atoms with E-state index < -0.39 is 41.9 Å². The lowest BCUT2D eigenvalue weighted by molar-refractivity contribution is -0.122. The van der Waals surface area contributed by atoms with Crippen LogP contribution in [0, 0.1) is 0 Å². The predicted octanol–water partition coefficient (Wildman–Crippen LogP) is 4.75. The van der Waals surface area contributed by atoms with Crippen LogP contribution < -0.4 is 24.9 Å². The lowest BCUT2D eigenvalue weighted by Gasteiger charge is -2.23. The second-order valence-electron chi connectivity index (χ2n) is 11.8. The van der Waals surface area contributed by atoms with Crippen molar-refractivity contribution in [1.29, 1.82) is 0 Å². The van der Waals surface area contributed by atoms with Crippen LogP contribution in [0.3, 0.4) is 0 Å². The average molecular weight is 720 g/mol. The fourth-order valence-corrected chi connectivity index (χ4v) is 8.31. The van der Waals surface area contributed by atoms with E-state index in [2.05, 4.69) is 47.2 Å². The van der Waals surface area contributed by atoms with E-state index in [9.17, 15) is 26.2 Å². The number of rotatable bonds is 13. The van der Waals surface area contributed by atoms with Crippen molar-refractivity contribution < 1.29 is 30.6 Å². The van der Waals surface area contributed by atoms with Crippen LogP contribution in [0.4, 0.5) is 5.69 Å². The van der Waals surface area contributed by atoms with Crippen molar-refractivity contribution in [1.82, 2.24) is 14.6 Å². The Labute approximate surface area is 293 Å². The molecule has 0 spiro atoms. The molecule has 5 rings (SSSR count). The number of fused-ring (bicyclic) bond motifs is 2. The molecule has 0 bridgehead atoms. The van der Waals surface area contributed by atoms with Gasteiger partial charge in [0.1, 0.15) is 35.4 Å². The third-order valence-corrected chi connectivity index (χ3v) is 11.3. The van der Waals surface area contributed by atoms with Crippen molar-refractivity contribution in [3.8, 4) is 22.5 Å². The molecule has 0 saturated carbocycles. The topological polar surface area (TPSA) is 149 Å². The van der Waals surface area contributed by atoms with Gasteiger partial charge in [0.2, 0.25) is 21.3 Å². The summed E-state index contributed by atoms with van der Waals surface area (Å²) in [5, 5.41) is 3.97. The maximum absolute atomic E-state index is 13.7. The molecule has 1 unspecified atom stereocenters. The Hall–Kier alpha value is -4.56. The Balaban J connectivity index is 1.74. The second-order valence-corrected chi connectivity index (χ2v) is 14.9. The maximum Gasteiger partial charge on any atom is 0.295 e. The van der Waals surface area contributed by atoms with Gasteiger partial charge in [-0.15, -0.1) is 0 Å². The highest BCUT2D eigenvalue weighted by Gasteiger charge is 2.30. The summed E-state index contributed by atoms with van der Waals surface area (Å²) in [4.78, 5) is 13.9. The molecule has 3 N–H and O–H groups in total. The Morgan fingerprint density at radius 3 is 2.16 bits per heavy atom. The highest BCUT2D eigenvalue weighted by Crippen LogP contribution is 2.43. The predicted molar refractivity (Wildman–Crippen MR) is 196 cm³/mol. The normalized spacial score (nSPS) is 12.6. The number of likely N-dealkylation sites (N-methyl/N-ethyl adjacent to an activating group) is 1. The first-order valence-corrected chi connectivity index (χ1v) is 19.5. The average Bonchev–Trinajstić information content (AvgIpc) is 3.10. The summed E-state index contributed by atoms with van der Waals surface area (Å²) in [6.07, 6.45) is 0.0550. The van der Waals surface area contributed by atoms with Crippen LogP contribution in [0.25, 0.3) is 33.4 Å². The van der Waals surface area contributed by atoms with E-state index in [1.165, 1.54) is 19.2 Å². The summed E-state index contributed by atoms with van der Waals surface area (Å²) in [6, 6.07) is 22.6. The van der Waals surface area contributed by atoms with Crippen LogP contribution in [0.15, 0.2) is 99.1 Å². The fourth-order valence-electron chi connectivity index (χ4n) is 6.29. The monoisotopic (exact) mass is 719 g/mol. The van der Waals surface area contributed by atoms with Crippen molar-refractivity contribution in [3.05, 3.63) is 95.8 Å². The van der Waals surface area contributed by atoms with Crippen LogP contribution >= 0.6 is 0 Å². The Morgan fingerprint density at radius 2 is 1.54 bits per heavy atom. The Kier molecular flexibility index (Phi) is 11.1. The SMILES string of the molecule is CCN(CC)c1ccc2c(-c3ccc(S(=O)(=O)NC(Cc4ccccc4)C(=O)NC)cc3S(=O)(=O)O)c3ccc(=[N+](CC)CC)cc-3oc2c1. The molecule has 1 aliphatic carbocycles. The number of sulfonamides is 1. The molecule has 3 aromatic rings. The number of hydrogen-bond acceptors (Lipinski definition) is 7. The first kappa shape index (κ1) is 36.7. The van der Waals surface area contributed by atoms with Gasteiger partial charge in [-0.2, -0.15) is 13.1 Å². The molecule has 1 amide bonds. The molecular formula is C37H43N4O7S2+. The van der Waals surface area contributed by atoms with Crippen LogP contribution in [-0.4, -0.2) is 66.6 Å². The van der Waals surface area contributed by atoms with Gasteiger partial charge in [0, 0.05) is 60.0 Å². The summed E-state index contributed by atoms with van der Waals surface area (Å²) in [7, 11) is -8.04. The van der Waals surface area contributed by atoms with Gasteiger partial charge < -0.3 is 14.6 Å². The van der Waals surface area contributed by atoms with E-state index >= 15 is 0 Å². The van der Waals surface area contributed by atoms with Crippen molar-refractivity contribution in [2.75, 3.05) is 38.1 Å². The van der Waals surface area contributed by atoms with Gasteiger partial charge in [-0.05, 0) is 70.0 Å². The zero-order chi connectivity index (χ0) is 36.2. The summed E-state index contributed by atoms with van der Waals surface area (Å²) < 4.78 is 75.3. The molecule has 1 atom stereocenters. The minimum absolute atomic E-state index is 0.0550. The smallest absolute Gasteiger partial charge is 0.295 e. The summed E-state index contributed by atoms with van der Waals surface area (Å²) >= 11 is 0. The van der Waals surface area contributed by atoms with Crippen molar-refractivity contribution in [3.63, 3.8) is 0 Å². The number of anilines is 1. The van der Waals surface area contributed by atoms with E-state index in [1.54, 1.807) is 24.3 Å². The molecule has 0 aromatic heterocycles. The highest BCUT2D eigenvalue weighted by atomic mass is 32.2. The lowest BCUT2D eigenvalue weighted by Crippen LogP contribution is -2.46. The van der Waals surface area contributed by atoms with Gasteiger partial charge in [-0.3, -0.25) is 9.35 Å². The van der Waals surface area contributed by atoms with Crippen molar-refractivity contribution in [2.24, 2.45) is 0 Å². The van der Waals surface area contributed by atoms with E-state index in [0.717, 1.165) is 48.9 Å². The largest absolute Gasteiger partial charge is 0.456 e. The van der Waals surface area contributed by atoms with Gasteiger partial charge in [-0.1, -0.05) is 36.4 Å². The zero-order valence-electron chi connectivity index (χ0n) is 28.8. The molecular weight excluding hydrogens is 677 g/mol. The molecule has 264 valence electrons. The van der Waals surface area contributed by atoms with Crippen LogP contribution in [0.1, 0.15) is 33.3 Å². The summed E-state index contributed by atoms with van der Waals surface area (Å²) in [6.45, 7) is 11.2. The van der Waals surface area contributed by atoms with Crippen LogP contribution in [0.5, 0.6) is 0 Å². The van der Waals surface area contributed by atoms with Gasteiger partial charge in [0.05, 0.1) is 11.0 Å². The minimum atomic E-state index is -4.98. The van der Waals surface area contributed by atoms with E-state index in [-0.39, 0.29) is 12.0 Å².